The number of ether oxygens (including phenoxy) is 1. The topological polar surface area (TPSA) is 38.5 Å². The van der Waals surface area contributed by atoms with Gasteiger partial charge in [-0.25, -0.2) is 0 Å². The van der Waals surface area contributed by atoms with Crippen molar-refractivity contribution in [1.82, 2.24) is 4.90 Å². The fraction of sp³-hybridized carbons (Fsp3) is 1.00. The van der Waals surface area contributed by atoms with Crippen LogP contribution in [0, 0.1) is 11.8 Å². The fourth-order valence-corrected chi connectivity index (χ4v) is 3.56. The first kappa shape index (κ1) is 15.9. The molecule has 0 amide bonds. The summed E-state index contributed by atoms with van der Waals surface area (Å²) in [5, 5.41) is 0. The lowest BCUT2D eigenvalue weighted by molar-refractivity contribution is 0.0254. The Morgan fingerprint density at radius 3 is 2.50 bits per heavy atom. The summed E-state index contributed by atoms with van der Waals surface area (Å²) in [6, 6.07) is 1.42. The lowest BCUT2D eigenvalue weighted by Crippen LogP contribution is -2.57. The van der Waals surface area contributed by atoms with Gasteiger partial charge in [0.1, 0.15) is 0 Å². The van der Waals surface area contributed by atoms with Crippen LogP contribution in [-0.2, 0) is 4.74 Å². The van der Waals surface area contributed by atoms with Crippen LogP contribution in [-0.4, -0.2) is 43.3 Å². The van der Waals surface area contributed by atoms with Crippen LogP contribution in [0.25, 0.3) is 0 Å². The third-order valence-corrected chi connectivity index (χ3v) is 4.56. The van der Waals surface area contributed by atoms with E-state index in [9.17, 15) is 0 Å². The van der Waals surface area contributed by atoms with E-state index in [1.54, 1.807) is 7.11 Å². The molecule has 1 rings (SSSR count). The average molecular weight is 256 g/mol. The number of hydrogen-bond donors (Lipinski definition) is 1. The van der Waals surface area contributed by atoms with Crippen LogP contribution in [0.15, 0.2) is 0 Å². The van der Waals surface area contributed by atoms with Crippen molar-refractivity contribution in [3.8, 4) is 0 Å². The van der Waals surface area contributed by atoms with Gasteiger partial charge in [-0.2, -0.15) is 0 Å². The van der Waals surface area contributed by atoms with E-state index in [-0.39, 0.29) is 0 Å². The molecule has 0 saturated heterocycles. The molecule has 3 nitrogen and oxygen atoms in total. The van der Waals surface area contributed by atoms with Gasteiger partial charge in [0, 0.05) is 31.8 Å². The second-order valence-electron chi connectivity index (χ2n) is 6.20. The molecule has 5 unspecified atom stereocenters. The lowest BCUT2D eigenvalue weighted by atomic mass is 9.75. The van der Waals surface area contributed by atoms with Gasteiger partial charge in [0.15, 0.2) is 0 Å². The first-order valence-corrected chi connectivity index (χ1v) is 7.51. The summed E-state index contributed by atoms with van der Waals surface area (Å²) in [5.41, 5.74) is 6.44. The highest BCUT2D eigenvalue weighted by Crippen LogP contribution is 2.32. The van der Waals surface area contributed by atoms with Crippen molar-refractivity contribution in [3.63, 3.8) is 0 Å². The number of rotatable bonds is 6. The molecular weight excluding hydrogens is 224 g/mol. The summed E-state index contributed by atoms with van der Waals surface area (Å²) >= 11 is 0. The molecule has 3 heteroatoms. The third kappa shape index (κ3) is 3.94. The number of nitrogens with two attached hydrogens (primary N) is 1. The maximum Gasteiger partial charge on any atom is 0.0589 e. The molecule has 0 aromatic carbocycles. The van der Waals surface area contributed by atoms with E-state index in [0.717, 1.165) is 25.5 Å². The van der Waals surface area contributed by atoms with Gasteiger partial charge in [0.2, 0.25) is 0 Å². The molecule has 1 aliphatic carbocycles. The van der Waals surface area contributed by atoms with Crippen molar-refractivity contribution >= 4 is 0 Å². The summed E-state index contributed by atoms with van der Waals surface area (Å²) in [6.45, 7) is 11.1. The molecular formula is C15H32N2O. The predicted octanol–water partition coefficient (Wildman–Crippen LogP) is 2.50. The second-order valence-corrected chi connectivity index (χ2v) is 6.20. The summed E-state index contributed by atoms with van der Waals surface area (Å²) in [4.78, 5) is 2.59. The minimum absolute atomic E-state index is 0.314. The van der Waals surface area contributed by atoms with Crippen LogP contribution in [0.3, 0.4) is 0 Å². The van der Waals surface area contributed by atoms with Crippen LogP contribution >= 0.6 is 0 Å². The largest absolute Gasteiger partial charge is 0.383 e. The van der Waals surface area contributed by atoms with Gasteiger partial charge in [-0.3, -0.25) is 4.90 Å². The summed E-state index contributed by atoms with van der Waals surface area (Å²) in [7, 11) is 1.78. The second kappa shape index (κ2) is 7.46. The van der Waals surface area contributed by atoms with Crippen LogP contribution in [0.1, 0.15) is 47.0 Å². The van der Waals surface area contributed by atoms with E-state index in [4.69, 9.17) is 10.5 Å². The van der Waals surface area contributed by atoms with Crippen molar-refractivity contribution < 1.29 is 4.74 Å². The van der Waals surface area contributed by atoms with E-state index in [1.165, 1.54) is 12.8 Å². The van der Waals surface area contributed by atoms with Gasteiger partial charge in [0.25, 0.3) is 0 Å². The van der Waals surface area contributed by atoms with Gasteiger partial charge < -0.3 is 10.5 Å². The zero-order valence-corrected chi connectivity index (χ0v) is 12.9. The number of nitrogens with zero attached hydrogens (tertiary/aromatic N) is 1. The summed E-state index contributed by atoms with van der Waals surface area (Å²) in [6.07, 6.45) is 3.64. The SMILES string of the molecule is CCC(C)N(CCOC)C1C(C)CC(C)CC1N. The van der Waals surface area contributed by atoms with Gasteiger partial charge in [-0.1, -0.05) is 20.8 Å². The Morgan fingerprint density at radius 2 is 2.00 bits per heavy atom. The summed E-state index contributed by atoms with van der Waals surface area (Å²) in [5.74, 6) is 1.46. The quantitative estimate of drug-likeness (QED) is 0.793. The molecule has 108 valence electrons. The Hall–Kier alpha value is -0.120. The van der Waals surface area contributed by atoms with E-state index in [0.29, 0.717) is 24.0 Å². The van der Waals surface area contributed by atoms with Crippen LogP contribution in [0.4, 0.5) is 0 Å². The Labute approximate surface area is 113 Å². The monoisotopic (exact) mass is 256 g/mol. The molecule has 1 saturated carbocycles. The van der Waals surface area contributed by atoms with Crippen LogP contribution < -0.4 is 5.73 Å². The van der Waals surface area contributed by atoms with Crippen LogP contribution in [0.5, 0.6) is 0 Å². The number of methoxy groups -OCH3 is 1. The van der Waals surface area contributed by atoms with Gasteiger partial charge in [-0.05, 0) is 38.0 Å². The van der Waals surface area contributed by atoms with Crippen molar-refractivity contribution in [2.45, 2.75) is 65.1 Å². The molecule has 18 heavy (non-hydrogen) atoms. The fourth-order valence-electron chi connectivity index (χ4n) is 3.56. The molecule has 0 aromatic heterocycles. The van der Waals surface area contributed by atoms with Gasteiger partial charge >= 0.3 is 0 Å². The molecule has 5 atom stereocenters. The van der Waals surface area contributed by atoms with Gasteiger partial charge in [0.05, 0.1) is 6.61 Å². The Kier molecular flexibility index (Phi) is 6.61. The molecule has 1 aliphatic rings. The zero-order chi connectivity index (χ0) is 13.7. The highest BCUT2D eigenvalue weighted by atomic mass is 16.5. The highest BCUT2D eigenvalue weighted by Gasteiger charge is 2.36. The molecule has 0 aliphatic heterocycles. The first-order valence-electron chi connectivity index (χ1n) is 7.51. The lowest BCUT2D eigenvalue weighted by Gasteiger charge is -2.46. The molecule has 2 N–H and O–H groups in total. The van der Waals surface area contributed by atoms with Gasteiger partial charge in [-0.15, -0.1) is 0 Å². The van der Waals surface area contributed by atoms with Crippen molar-refractivity contribution in [2.24, 2.45) is 17.6 Å². The first-order chi connectivity index (χ1) is 8.51. The summed E-state index contributed by atoms with van der Waals surface area (Å²) < 4.78 is 5.27. The van der Waals surface area contributed by atoms with Crippen molar-refractivity contribution in [3.05, 3.63) is 0 Å². The smallest absolute Gasteiger partial charge is 0.0589 e. The molecule has 0 heterocycles. The third-order valence-electron chi connectivity index (χ3n) is 4.56. The van der Waals surface area contributed by atoms with E-state index < -0.39 is 0 Å². The standard InChI is InChI=1S/C15H32N2O/c1-6-13(4)17(7-8-18-5)15-12(3)9-11(2)10-14(15)16/h11-15H,6-10,16H2,1-5H3. The molecule has 0 radical (unpaired) electrons. The minimum atomic E-state index is 0.314. The minimum Gasteiger partial charge on any atom is -0.383 e. The molecule has 0 spiro atoms. The van der Waals surface area contributed by atoms with Crippen LogP contribution in [0.2, 0.25) is 0 Å². The maximum atomic E-state index is 6.44. The van der Waals surface area contributed by atoms with Crippen molar-refractivity contribution in [1.29, 1.82) is 0 Å². The number of hydrogen-bond acceptors (Lipinski definition) is 3. The Bertz CT molecular complexity index is 223. The zero-order valence-electron chi connectivity index (χ0n) is 12.9. The average Bonchev–Trinajstić information content (AvgIpc) is 2.31. The Balaban J connectivity index is 2.75. The Morgan fingerprint density at radius 1 is 1.33 bits per heavy atom. The molecule has 1 fully saturated rings. The van der Waals surface area contributed by atoms with E-state index in [2.05, 4.69) is 32.6 Å². The normalized spacial score (nSPS) is 34.8. The van der Waals surface area contributed by atoms with E-state index >= 15 is 0 Å². The molecule has 0 bridgehead atoms. The molecule has 0 aromatic rings. The van der Waals surface area contributed by atoms with Crippen molar-refractivity contribution in [2.75, 3.05) is 20.3 Å². The predicted molar refractivity (Wildman–Crippen MR) is 77.7 cm³/mol. The maximum absolute atomic E-state index is 6.44. The highest BCUT2D eigenvalue weighted by molar-refractivity contribution is 4.93. The van der Waals surface area contributed by atoms with E-state index in [1.807, 2.05) is 0 Å².